The van der Waals surface area contributed by atoms with E-state index in [1.807, 2.05) is 6.92 Å². The van der Waals surface area contributed by atoms with Crippen LogP contribution < -0.4 is 0 Å². The third-order valence-corrected chi connectivity index (χ3v) is 3.09. The third-order valence-electron chi connectivity index (χ3n) is 3.09. The van der Waals surface area contributed by atoms with Gasteiger partial charge in [-0.05, 0) is 19.8 Å². The van der Waals surface area contributed by atoms with Gasteiger partial charge in [0.05, 0.1) is 0 Å². The van der Waals surface area contributed by atoms with Crippen molar-refractivity contribution in [3.05, 3.63) is 12.3 Å². The third kappa shape index (κ3) is 1.88. The van der Waals surface area contributed by atoms with Crippen LogP contribution in [0.1, 0.15) is 39.0 Å². The minimum absolute atomic E-state index is 0.00259. The maximum atomic E-state index is 5.69. The largest absolute Gasteiger partial charge is 0.467 e. The van der Waals surface area contributed by atoms with Crippen molar-refractivity contribution in [2.24, 2.45) is 5.92 Å². The lowest BCUT2D eigenvalue weighted by molar-refractivity contribution is -0.0970. The molecule has 1 saturated carbocycles. The van der Waals surface area contributed by atoms with Gasteiger partial charge >= 0.3 is 0 Å². The van der Waals surface area contributed by atoms with E-state index in [1.165, 1.54) is 32.1 Å². The highest BCUT2D eigenvalue weighted by Crippen LogP contribution is 2.34. The number of hydrogen-bond donors (Lipinski definition) is 0. The van der Waals surface area contributed by atoms with Gasteiger partial charge < -0.3 is 9.47 Å². The second-order valence-electron chi connectivity index (χ2n) is 4.13. The molecular formula is C11H18O2. The molecule has 0 bridgehead atoms. The second kappa shape index (κ2) is 3.70. The zero-order chi connectivity index (χ0) is 9.26. The molecule has 0 amide bonds. The topological polar surface area (TPSA) is 18.5 Å². The molecule has 0 aromatic rings. The van der Waals surface area contributed by atoms with Crippen LogP contribution in [0.2, 0.25) is 0 Å². The molecule has 2 heteroatoms. The van der Waals surface area contributed by atoms with Gasteiger partial charge in [0, 0.05) is 5.92 Å². The van der Waals surface area contributed by atoms with E-state index in [-0.39, 0.29) is 12.4 Å². The highest BCUT2D eigenvalue weighted by Gasteiger charge is 2.34. The highest BCUT2D eigenvalue weighted by molar-refractivity contribution is 4.96. The van der Waals surface area contributed by atoms with Crippen LogP contribution in [0.3, 0.4) is 0 Å². The fourth-order valence-electron chi connectivity index (χ4n) is 2.16. The molecule has 0 aromatic heterocycles. The Hall–Kier alpha value is -0.500. The predicted octanol–water partition coefficient (Wildman–Crippen LogP) is 2.84. The van der Waals surface area contributed by atoms with E-state index in [0.717, 1.165) is 5.76 Å². The quantitative estimate of drug-likeness (QED) is 0.620. The molecule has 1 aliphatic heterocycles. The fourth-order valence-corrected chi connectivity index (χ4v) is 2.16. The van der Waals surface area contributed by atoms with Gasteiger partial charge in [-0.3, -0.25) is 0 Å². The summed E-state index contributed by atoms with van der Waals surface area (Å²) in [6.45, 7) is 5.84. The first-order valence-electron chi connectivity index (χ1n) is 5.28. The molecule has 1 heterocycles. The Morgan fingerprint density at radius 3 is 2.46 bits per heavy atom. The van der Waals surface area contributed by atoms with Crippen LogP contribution >= 0.6 is 0 Å². The molecule has 0 radical (unpaired) electrons. The number of hydrogen-bond acceptors (Lipinski definition) is 2. The van der Waals surface area contributed by atoms with Crippen molar-refractivity contribution in [1.82, 2.24) is 0 Å². The van der Waals surface area contributed by atoms with Crippen molar-refractivity contribution >= 4 is 0 Å². The molecule has 0 N–H and O–H groups in total. The molecule has 0 spiro atoms. The van der Waals surface area contributed by atoms with Crippen LogP contribution in [0.15, 0.2) is 12.3 Å². The van der Waals surface area contributed by atoms with Gasteiger partial charge in [-0.2, -0.15) is 0 Å². The molecule has 2 fully saturated rings. The molecule has 2 atom stereocenters. The average molecular weight is 182 g/mol. The minimum Gasteiger partial charge on any atom is -0.467 e. The van der Waals surface area contributed by atoms with Crippen molar-refractivity contribution in [2.75, 3.05) is 0 Å². The standard InChI is InChI=1S/C11H18O2/c1-8-9(2)13-11(12-8)10-6-4-3-5-7-10/h9-11H,1,3-7H2,2H3. The lowest BCUT2D eigenvalue weighted by atomic mass is 9.89. The van der Waals surface area contributed by atoms with Crippen LogP contribution in [-0.2, 0) is 9.47 Å². The molecule has 2 aliphatic rings. The van der Waals surface area contributed by atoms with Crippen molar-refractivity contribution < 1.29 is 9.47 Å². The summed E-state index contributed by atoms with van der Waals surface area (Å²) in [6.07, 6.45) is 6.63. The zero-order valence-electron chi connectivity index (χ0n) is 8.29. The maximum absolute atomic E-state index is 5.69. The zero-order valence-corrected chi connectivity index (χ0v) is 8.29. The highest BCUT2D eigenvalue weighted by atomic mass is 16.7. The summed E-state index contributed by atoms with van der Waals surface area (Å²) < 4.78 is 11.3. The van der Waals surface area contributed by atoms with E-state index in [4.69, 9.17) is 9.47 Å². The van der Waals surface area contributed by atoms with Gasteiger partial charge in [0.25, 0.3) is 0 Å². The summed E-state index contributed by atoms with van der Waals surface area (Å²) in [5.41, 5.74) is 0. The lowest BCUT2D eigenvalue weighted by Gasteiger charge is -2.25. The first-order chi connectivity index (χ1) is 6.27. The van der Waals surface area contributed by atoms with Crippen molar-refractivity contribution in [3.8, 4) is 0 Å². The maximum Gasteiger partial charge on any atom is 0.203 e. The molecule has 2 rings (SSSR count). The lowest BCUT2D eigenvalue weighted by Crippen LogP contribution is -2.24. The van der Waals surface area contributed by atoms with Crippen LogP contribution in [0.5, 0.6) is 0 Å². The second-order valence-corrected chi connectivity index (χ2v) is 4.13. The summed E-state index contributed by atoms with van der Waals surface area (Å²) >= 11 is 0. The number of ether oxygens (including phenoxy) is 2. The van der Waals surface area contributed by atoms with Gasteiger partial charge in [-0.1, -0.05) is 25.8 Å². The summed E-state index contributed by atoms with van der Waals surface area (Å²) in [5, 5.41) is 0. The summed E-state index contributed by atoms with van der Waals surface area (Å²) in [6, 6.07) is 0. The van der Waals surface area contributed by atoms with Gasteiger partial charge in [0.1, 0.15) is 11.9 Å². The SMILES string of the molecule is C=C1OC(C2CCCCC2)OC1C. The molecule has 0 aromatic carbocycles. The summed E-state index contributed by atoms with van der Waals surface area (Å²) in [4.78, 5) is 0. The van der Waals surface area contributed by atoms with Crippen molar-refractivity contribution in [1.29, 1.82) is 0 Å². The minimum atomic E-state index is 0.00259. The monoisotopic (exact) mass is 182 g/mol. The van der Waals surface area contributed by atoms with E-state index in [1.54, 1.807) is 0 Å². The van der Waals surface area contributed by atoms with Gasteiger partial charge in [0.2, 0.25) is 6.29 Å². The van der Waals surface area contributed by atoms with Gasteiger partial charge in [-0.15, -0.1) is 0 Å². The van der Waals surface area contributed by atoms with Gasteiger partial charge in [-0.25, -0.2) is 0 Å². The van der Waals surface area contributed by atoms with E-state index < -0.39 is 0 Å². The molecular weight excluding hydrogens is 164 g/mol. The Morgan fingerprint density at radius 1 is 1.23 bits per heavy atom. The Labute approximate surface area is 79.9 Å². The smallest absolute Gasteiger partial charge is 0.203 e. The Morgan fingerprint density at radius 2 is 1.92 bits per heavy atom. The predicted molar refractivity (Wildman–Crippen MR) is 51.1 cm³/mol. The fraction of sp³-hybridized carbons (Fsp3) is 0.818. The van der Waals surface area contributed by atoms with Crippen LogP contribution in [0, 0.1) is 5.92 Å². The van der Waals surface area contributed by atoms with E-state index >= 15 is 0 Å². The first-order valence-corrected chi connectivity index (χ1v) is 5.28. The average Bonchev–Trinajstić information content (AvgIpc) is 2.49. The molecule has 74 valence electrons. The molecule has 2 nitrogen and oxygen atoms in total. The summed E-state index contributed by atoms with van der Waals surface area (Å²) in [5.74, 6) is 1.41. The van der Waals surface area contributed by atoms with Crippen molar-refractivity contribution in [3.63, 3.8) is 0 Å². The molecule has 1 saturated heterocycles. The van der Waals surface area contributed by atoms with Crippen LogP contribution in [0.4, 0.5) is 0 Å². The number of rotatable bonds is 1. The first kappa shape index (κ1) is 9.07. The molecule has 13 heavy (non-hydrogen) atoms. The Kier molecular flexibility index (Phi) is 2.58. The van der Waals surface area contributed by atoms with E-state index in [2.05, 4.69) is 6.58 Å². The van der Waals surface area contributed by atoms with E-state index in [9.17, 15) is 0 Å². The normalized spacial score (nSPS) is 36.2. The Balaban J connectivity index is 1.90. The molecule has 2 unspecified atom stereocenters. The van der Waals surface area contributed by atoms with Crippen molar-refractivity contribution in [2.45, 2.75) is 51.4 Å². The molecule has 1 aliphatic carbocycles. The van der Waals surface area contributed by atoms with Crippen LogP contribution in [-0.4, -0.2) is 12.4 Å². The Bertz CT molecular complexity index is 194. The van der Waals surface area contributed by atoms with E-state index in [0.29, 0.717) is 5.92 Å². The van der Waals surface area contributed by atoms with Gasteiger partial charge in [0.15, 0.2) is 0 Å². The summed E-state index contributed by atoms with van der Waals surface area (Å²) in [7, 11) is 0. The van der Waals surface area contributed by atoms with Crippen LogP contribution in [0.25, 0.3) is 0 Å².